The molecular formula is C11H24N2O3S. The number of rotatable bonds is 5. The van der Waals surface area contributed by atoms with Crippen LogP contribution in [-0.2, 0) is 14.6 Å². The first kappa shape index (κ1) is 14.9. The third-order valence-corrected chi connectivity index (χ3v) is 4.77. The third-order valence-electron chi connectivity index (χ3n) is 3.80. The van der Waals surface area contributed by atoms with Crippen molar-refractivity contribution in [1.82, 2.24) is 5.43 Å². The molecule has 102 valence electrons. The lowest BCUT2D eigenvalue weighted by Crippen LogP contribution is -2.46. The smallest absolute Gasteiger partial charge is 0.147 e. The van der Waals surface area contributed by atoms with E-state index in [2.05, 4.69) is 12.3 Å². The standard InChI is InChI=1S/C11H24N2O3S/c1-7-8(2)16-9(3)11(7)10(13-12)5-6-17(4,14)15/h7-11,13H,5-6,12H2,1-4H3. The number of hydrogen-bond donors (Lipinski definition) is 2. The van der Waals surface area contributed by atoms with E-state index >= 15 is 0 Å². The topological polar surface area (TPSA) is 81.4 Å². The number of ether oxygens (including phenoxy) is 1. The Labute approximate surface area is 104 Å². The molecule has 0 saturated carbocycles. The summed E-state index contributed by atoms with van der Waals surface area (Å²) in [5.41, 5.74) is 2.75. The zero-order valence-corrected chi connectivity index (χ0v) is 11.8. The summed E-state index contributed by atoms with van der Waals surface area (Å²) < 4.78 is 28.1. The number of nitrogens with two attached hydrogens (primary N) is 1. The van der Waals surface area contributed by atoms with Gasteiger partial charge in [-0.25, -0.2) is 8.42 Å². The van der Waals surface area contributed by atoms with Crippen LogP contribution in [0, 0.1) is 11.8 Å². The van der Waals surface area contributed by atoms with E-state index in [0.29, 0.717) is 12.3 Å². The Balaban J connectivity index is 2.67. The van der Waals surface area contributed by atoms with E-state index in [9.17, 15) is 8.42 Å². The van der Waals surface area contributed by atoms with Crippen LogP contribution >= 0.6 is 0 Å². The fourth-order valence-corrected chi connectivity index (χ4v) is 3.40. The summed E-state index contributed by atoms with van der Waals surface area (Å²) >= 11 is 0. The van der Waals surface area contributed by atoms with Gasteiger partial charge in [0.1, 0.15) is 9.84 Å². The first-order valence-electron chi connectivity index (χ1n) is 6.05. The van der Waals surface area contributed by atoms with Crippen molar-refractivity contribution in [2.24, 2.45) is 17.7 Å². The molecule has 0 aromatic carbocycles. The molecule has 1 heterocycles. The van der Waals surface area contributed by atoms with Crippen LogP contribution in [0.2, 0.25) is 0 Å². The molecule has 1 rings (SSSR count). The van der Waals surface area contributed by atoms with Gasteiger partial charge in [-0.1, -0.05) is 6.92 Å². The summed E-state index contributed by atoms with van der Waals surface area (Å²) in [6.07, 6.45) is 2.09. The highest BCUT2D eigenvalue weighted by Crippen LogP contribution is 2.35. The van der Waals surface area contributed by atoms with Crippen LogP contribution in [0.5, 0.6) is 0 Å². The van der Waals surface area contributed by atoms with E-state index in [1.54, 1.807) is 0 Å². The maximum absolute atomic E-state index is 11.2. The molecule has 0 bridgehead atoms. The lowest BCUT2D eigenvalue weighted by atomic mass is 9.83. The van der Waals surface area contributed by atoms with Crippen molar-refractivity contribution in [3.63, 3.8) is 0 Å². The Bertz CT molecular complexity index is 345. The highest BCUT2D eigenvalue weighted by atomic mass is 32.2. The molecule has 1 fully saturated rings. The molecule has 5 atom stereocenters. The van der Waals surface area contributed by atoms with Crippen molar-refractivity contribution in [2.45, 2.75) is 45.4 Å². The summed E-state index contributed by atoms with van der Waals surface area (Å²) in [6, 6.07) is -0.0142. The van der Waals surface area contributed by atoms with E-state index in [4.69, 9.17) is 10.6 Å². The Morgan fingerprint density at radius 2 is 1.88 bits per heavy atom. The summed E-state index contributed by atoms with van der Waals surface area (Å²) in [5, 5.41) is 0. The van der Waals surface area contributed by atoms with Gasteiger partial charge >= 0.3 is 0 Å². The van der Waals surface area contributed by atoms with Gasteiger partial charge in [-0.3, -0.25) is 11.3 Å². The molecule has 5 nitrogen and oxygen atoms in total. The molecule has 0 aromatic heterocycles. The minimum Gasteiger partial charge on any atom is -0.375 e. The van der Waals surface area contributed by atoms with Crippen LogP contribution in [0.4, 0.5) is 0 Å². The van der Waals surface area contributed by atoms with Gasteiger partial charge in [0.2, 0.25) is 0 Å². The predicted octanol–water partition coefficient (Wildman–Crippen LogP) is 0.313. The number of sulfone groups is 1. The van der Waals surface area contributed by atoms with E-state index in [0.717, 1.165) is 0 Å². The average molecular weight is 264 g/mol. The Morgan fingerprint density at radius 1 is 1.29 bits per heavy atom. The molecule has 6 heteroatoms. The molecular weight excluding hydrogens is 240 g/mol. The summed E-state index contributed by atoms with van der Waals surface area (Å²) in [6.45, 7) is 6.20. The highest BCUT2D eigenvalue weighted by molar-refractivity contribution is 7.90. The SMILES string of the molecule is CC1OC(C)C(C(CCS(C)(=O)=O)NN)C1C. The molecule has 17 heavy (non-hydrogen) atoms. The first-order chi connectivity index (χ1) is 7.76. The molecule has 3 N–H and O–H groups in total. The minimum absolute atomic E-state index is 0.0142. The van der Waals surface area contributed by atoms with E-state index in [1.165, 1.54) is 6.26 Å². The summed E-state index contributed by atoms with van der Waals surface area (Å²) in [4.78, 5) is 0. The van der Waals surface area contributed by atoms with Crippen LogP contribution in [0.25, 0.3) is 0 Å². The second-order valence-corrected chi connectivity index (χ2v) is 7.43. The molecule has 0 amide bonds. The zero-order chi connectivity index (χ0) is 13.2. The molecule has 1 aliphatic rings. The molecule has 0 spiro atoms. The molecule has 1 aliphatic heterocycles. The van der Waals surface area contributed by atoms with Gasteiger partial charge in [0.05, 0.1) is 18.0 Å². The largest absolute Gasteiger partial charge is 0.375 e. The normalized spacial score (nSPS) is 36.1. The molecule has 0 aliphatic carbocycles. The van der Waals surface area contributed by atoms with Crippen molar-refractivity contribution in [3.8, 4) is 0 Å². The number of hydrogen-bond acceptors (Lipinski definition) is 5. The lowest BCUT2D eigenvalue weighted by Gasteiger charge is -2.28. The first-order valence-corrected chi connectivity index (χ1v) is 8.11. The van der Waals surface area contributed by atoms with Gasteiger partial charge in [0.15, 0.2) is 0 Å². The predicted molar refractivity (Wildman–Crippen MR) is 68.1 cm³/mol. The Hall–Kier alpha value is -0.170. The van der Waals surface area contributed by atoms with Crippen molar-refractivity contribution in [2.75, 3.05) is 12.0 Å². The maximum Gasteiger partial charge on any atom is 0.147 e. The van der Waals surface area contributed by atoms with Crippen LogP contribution in [0.3, 0.4) is 0 Å². The lowest BCUT2D eigenvalue weighted by molar-refractivity contribution is 0.0474. The summed E-state index contributed by atoms with van der Waals surface area (Å²) in [5.74, 6) is 6.35. The van der Waals surface area contributed by atoms with Gasteiger partial charge < -0.3 is 4.74 Å². The number of nitrogens with one attached hydrogen (secondary N) is 1. The Morgan fingerprint density at radius 3 is 2.24 bits per heavy atom. The molecule has 0 radical (unpaired) electrons. The Kier molecular flexibility index (Phi) is 4.95. The van der Waals surface area contributed by atoms with Gasteiger partial charge in [0, 0.05) is 18.2 Å². The number of hydrazine groups is 1. The fourth-order valence-electron chi connectivity index (χ4n) is 2.72. The molecule has 0 aromatic rings. The fraction of sp³-hybridized carbons (Fsp3) is 1.00. The van der Waals surface area contributed by atoms with Crippen LogP contribution in [0.15, 0.2) is 0 Å². The minimum atomic E-state index is -2.94. The van der Waals surface area contributed by atoms with E-state index in [1.807, 2.05) is 13.8 Å². The van der Waals surface area contributed by atoms with Crippen LogP contribution in [0.1, 0.15) is 27.2 Å². The van der Waals surface area contributed by atoms with E-state index in [-0.39, 0.29) is 29.9 Å². The third kappa shape index (κ3) is 3.91. The van der Waals surface area contributed by atoms with Crippen molar-refractivity contribution in [3.05, 3.63) is 0 Å². The highest BCUT2D eigenvalue weighted by Gasteiger charge is 2.41. The molecule has 5 unspecified atom stereocenters. The zero-order valence-electron chi connectivity index (χ0n) is 11.0. The van der Waals surface area contributed by atoms with Gasteiger partial charge in [-0.2, -0.15) is 0 Å². The van der Waals surface area contributed by atoms with Crippen molar-refractivity contribution < 1.29 is 13.2 Å². The average Bonchev–Trinajstić information content (AvgIpc) is 2.43. The van der Waals surface area contributed by atoms with Gasteiger partial charge in [0.25, 0.3) is 0 Å². The van der Waals surface area contributed by atoms with Crippen molar-refractivity contribution in [1.29, 1.82) is 0 Å². The second-order valence-electron chi connectivity index (χ2n) is 5.17. The maximum atomic E-state index is 11.2. The van der Waals surface area contributed by atoms with Crippen LogP contribution < -0.4 is 11.3 Å². The van der Waals surface area contributed by atoms with E-state index < -0.39 is 9.84 Å². The quantitative estimate of drug-likeness (QED) is 0.552. The van der Waals surface area contributed by atoms with Crippen molar-refractivity contribution >= 4 is 9.84 Å². The van der Waals surface area contributed by atoms with Gasteiger partial charge in [-0.05, 0) is 26.2 Å². The van der Waals surface area contributed by atoms with Crippen LogP contribution in [-0.4, -0.2) is 38.7 Å². The monoisotopic (exact) mass is 264 g/mol. The van der Waals surface area contributed by atoms with Gasteiger partial charge in [-0.15, -0.1) is 0 Å². The molecule has 1 saturated heterocycles. The second kappa shape index (κ2) is 5.65. The summed E-state index contributed by atoms with van der Waals surface area (Å²) in [7, 11) is -2.94.